The summed E-state index contributed by atoms with van der Waals surface area (Å²) >= 11 is 0. The monoisotopic (exact) mass is 373 g/mol. The number of nitrogens with zero attached hydrogens (tertiary/aromatic N) is 7. The van der Waals surface area contributed by atoms with Crippen LogP contribution in [0, 0.1) is 0 Å². The summed E-state index contributed by atoms with van der Waals surface area (Å²) in [6.45, 7) is 1.32. The third kappa shape index (κ3) is 2.92. The Hall–Kier alpha value is -3.55. The minimum atomic E-state index is -0.0966. The molecule has 1 unspecified atom stereocenters. The molecule has 1 saturated heterocycles. The number of pyridine rings is 1. The normalized spacial score (nSPS) is 17.1. The van der Waals surface area contributed by atoms with Crippen LogP contribution >= 0.6 is 0 Å². The second-order valence-electron chi connectivity index (χ2n) is 6.93. The second kappa shape index (κ2) is 6.88. The minimum Gasteiger partial charge on any atom is -0.336 e. The highest BCUT2D eigenvalue weighted by Gasteiger charge is 2.29. The summed E-state index contributed by atoms with van der Waals surface area (Å²) < 4.78 is 2.00. The van der Waals surface area contributed by atoms with Gasteiger partial charge in [0, 0.05) is 25.2 Å². The number of aromatic nitrogens is 6. The largest absolute Gasteiger partial charge is 0.336 e. The van der Waals surface area contributed by atoms with Crippen LogP contribution in [0.4, 0.5) is 0 Å². The Bertz CT molecular complexity index is 1120. The lowest BCUT2D eigenvalue weighted by molar-refractivity contribution is 0.0697. The maximum Gasteiger partial charge on any atom is 0.276 e. The summed E-state index contributed by atoms with van der Waals surface area (Å²) in [4.78, 5) is 16.3. The van der Waals surface area contributed by atoms with Crippen LogP contribution in [0.3, 0.4) is 0 Å². The molecule has 0 saturated carbocycles. The predicted molar refractivity (Wildman–Crippen MR) is 102 cm³/mol. The van der Waals surface area contributed by atoms with Crippen molar-refractivity contribution in [3.63, 3.8) is 0 Å². The maximum absolute atomic E-state index is 13.0. The molecule has 1 fully saturated rings. The molecule has 1 aliphatic heterocycles. The smallest absolute Gasteiger partial charge is 0.276 e. The number of hydrogen-bond donors (Lipinski definition) is 0. The molecule has 4 heterocycles. The molecule has 8 heteroatoms. The van der Waals surface area contributed by atoms with E-state index in [1.165, 1.54) is 11.0 Å². The molecule has 1 aromatic carbocycles. The van der Waals surface area contributed by atoms with E-state index in [9.17, 15) is 4.79 Å². The zero-order valence-corrected chi connectivity index (χ0v) is 15.2. The van der Waals surface area contributed by atoms with Crippen LogP contribution in [0.25, 0.3) is 11.3 Å². The van der Waals surface area contributed by atoms with Crippen LogP contribution in [0.5, 0.6) is 0 Å². The fourth-order valence-corrected chi connectivity index (χ4v) is 3.72. The number of rotatable bonds is 3. The van der Waals surface area contributed by atoms with E-state index >= 15 is 0 Å². The van der Waals surface area contributed by atoms with Gasteiger partial charge in [-0.3, -0.25) is 9.20 Å². The quantitative estimate of drug-likeness (QED) is 0.551. The SMILES string of the molecule is O=C(c1cnn(-c2ccccc2)n1)N1CCCC(c2nnc3ccccn23)C1. The van der Waals surface area contributed by atoms with E-state index in [4.69, 9.17) is 0 Å². The molecule has 0 radical (unpaired) electrons. The number of para-hydroxylation sites is 1. The number of carbonyl (C=O) groups is 1. The first kappa shape index (κ1) is 16.6. The summed E-state index contributed by atoms with van der Waals surface area (Å²) in [6, 6.07) is 15.4. The van der Waals surface area contributed by atoms with E-state index < -0.39 is 0 Å². The molecule has 4 aromatic rings. The van der Waals surface area contributed by atoms with Crippen molar-refractivity contribution in [3.05, 3.63) is 72.4 Å². The number of piperidine rings is 1. The number of fused-ring (bicyclic) bond motifs is 1. The second-order valence-corrected chi connectivity index (χ2v) is 6.93. The van der Waals surface area contributed by atoms with Gasteiger partial charge in [-0.05, 0) is 37.1 Å². The zero-order chi connectivity index (χ0) is 18.9. The molecule has 1 atom stereocenters. The summed E-state index contributed by atoms with van der Waals surface area (Å²) in [5.41, 5.74) is 2.01. The summed E-state index contributed by atoms with van der Waals surface area (Å²) in [5, 5.41) is 17.2. The van der Waals surface area contributed by atoms with Crippen LogP contribution in [0.1, 0.15) is 35.1 Å². The third-order valence-electron chi connectivity index (χ3n) is 5.11. The number of benzene rings is 1. The van der Waals surface area contributed by atoms with Gasteiger partial charge in [0.1, 0.15) is 5.82 Å². The van der Waals surface area contributed by atoms with Crippen LogP contribution < -0.4 is 0 Å². The fraction of sp³-hybridized carbons (Fsp3) is 0.250. The van der Waals surface area contributed by atoms with Gasteiger partial charge in [-0.25, -0.2) is 0 Å². The van der Waals surface area contributed by atoms with Crippen LogP contribution in [0.15, 0.2) is 60.9 Å². The molecule has 140 valence electrons. The van der Waals surface area contributed by atoms with Crippen molar-refractivity contribution in [1.29, 1.82) is 0 Å². The standard InChI is InChI=1S/C20H19N7O/c28-20(17-13-21-27(24-17)16-8-2-1-3-9-16)25-11-6-7-15(14-25)19-23-22-18-10-4-5-12-26(18)19/h1-5,8-10,12-13,15H,6-7,11,14H2. The lowest BCUT2D eigenvalue weighted by Crippen LogP contribution is -2.39. The van der Waals surface area contributed by atoms with Crippen molar-refractivity contribution in [3.8, 4) is 5.69 Å². The predicted octanol–water partition coefficient (Wildman–Crippen LogP) is 2.33. The van der Waals surface area contributed by atoms with Gasteiger partial charge < -0.3 is 4.90 Å². The highest BCUT2D eigenvalue weighted by Crippen LogP contribution is 2.26. The Labute approximate surface area is 161 Å². The molecule has 1 aliphatic rings. The highest BCUT2D eigenvalue weighted by atomic mass is 16.2. The molecule has 0 spiro atoms. The molecule has 8 nitrogen and oxygen atoms in total. The van der Waals surface area contributed by atoms with Gasteiger partial charge in [-0.2, -0.15) is 9.90 Å². The first-order valence-electron chi connectivity index (χ1n) is 9.36. The van der Waals surface area contributed by atoms with Gasteiger partial charge in [0.15, 0.2) is 11.3 Å². The van der Waals surface area contributed by atoms with Crippen LogP contribution in [0.2, 0.25) is 0 Å². The Morgan fingerprint density at radius 1 is 1.04 bits per heavy atom. The molecular weight excluding hydrogens is 354 g/mol. The maximum atomic E-state index is 13.0. The van der Waals surface area contributed by atoms with E-state index in [1.807, 2.05) is 64.0 Å². The molecule has 28 heavy (non-hydrogen) atoms. The molecule has 0 bridgehead atoms. The zero-order valence-electron chi connectivity index (χ0n) is 15.2. The number of amides is 1. The van der Waals surface area contributed by atoms with Crippen molar-refractivity contribution in [2.75, 3.05) is 13.1 Å². The lowest BCUT2D eigenvalue weighted by Gasteiger charge is -2.31. The molecule has 5 rings (SSSR count). The van der Waals surface area contributed by atoms with E-state index in [-0.39, 0.29) is 11.8 Å². The first-order valence-corrected chi connectivity index (χ1v) is 9.36. The van der Waals surface area contributed by atoms with Gasteiger partial charge >= 0.3 is 0 Å². The Kier molecular flexibility index (Phi) is 4.08. The van der Waals surface area contributed by atoms with Crippen LogP contribution in [-0.4, -0.2) is 53.5 Å². The van der Waals surface area contributed by atoms with Crippen molar-refractivity contribution in [2.24, 2.45) is 0 Å². The van der Waals surface area contributed by atoms with Crippen LogP contribution in [-0.2, 0) is 0 Å². The van der Waals surface area contributed by atoms with E-state index in [2.05, 4.69) is 20.4 Å². The number of likely N-dealkylation sites (tertiary alicyclic amines) is 1. The van der Waals surface area contributed by atoms with Gasteiger partial charge in [-0.15, -0.1) is 15.3 Å². The van der Waals surface area contributed by atoms with E-state index in [0.717, 1.165) is 30.0 Å². The molecule has 0 aliphatic carbocycles. The lowest BCUT2D eigenvalue weighted by atomic mass is 9.97. The Balaban J connectivity index is 1.36. The third-order valence-corrected chi connectivity index (χ3v) is 5.11. The van der Waals surface area contributed by atoms with Crippen molar-refractivity contribution in [1.82, 2.24) is 34.5 Å². The molecular formula is C20H19N7O. The van der Waals surface area contributed by atoms with Gasteiger partial charge in [0.05, 0.1) is 11.9 Å². The van der Waals surface area contributed by atoms with Crippen molar-refractivity contribution >= 4 is 11.6 Å². The highest BCUT2D eigenvalue weighted by molar-refractivity contribution is 5.92. The van der Waals surface area contributed by atoms with E-state index in [1.54, 1.807) is 0 Å². The van der Waals surface area contributed by atoms with Crippen molar-refractivity contribution < 1.29 is 4.79 Å². The van der Waals surface area contributed by atoms with E-state index in [0.29, 0.717) is 18.8 Å². The van der Waals surface area contributed by atoms with Gasteiger partial charge in [-0.1, -0.05) is 24.3 Å². The first-order chi connectivity index (χ1) is 13.8. The summed E-state index contributed by atoms with van der Waals surface area (Å²) in [5.74, 6) is 0.959. The Morgan fingerprint density at radius 2 is 1.89 bits per heavy atom. The summed E-state index contributed by atoms with van der Waals surface area (Å²) in [6.07, 6.45) is 5.41. The average Bonchev–Trinajstić information content (AvgIpc) is 3.42. The molecule has 3 aromatic heterocycles. The van der Waals surface area contributed by atoms with Gasteiger partial charge in [0.25, 0.3) is 5.91 Å². The topological polar surface area (TPSA) is 81.2 Å². The average molecular weight is 373 g/mol. The van der Waals surface area contributed by atoms with Crippen molar-refractivity contribution in [2.45, 2.75) is 18.8 Å². The minimum absolute atomic E-state index is 0.0966. The fourth-order valence-electron chi connectivity index (χ4n) is 3.72. The summed E-state index contributed by atoms with van der Waals surface area (Å²) in [7, 11) is 0. The molecule has 1 amide bonds. The molecule has 0 N–H and O–H groups in total. The number of carbonyl (C=O) groups excluding carboxylic acids is 1. The number of hydrogen-bond acceptors (Lipinski definition) is 5. The van der Waals surface area contributed by atoms with Gasteiger partial charge in [0.2, 0.25) is 0 Å². The Morgan fingerprint density at radius 3 is 2.79 bits per heavy atom.